The van der Waals surface area contributed by atoms with Crippen LogP contribution in [0.3, 0.4) is 0 Å². The Bertz CT molecular complexity index is 378. The van der Waals surface area contributed by atoms with Gasteiger partial charge in [0.25, 0.3) is 0 Å². The highest BCUT2D eigenvalue weighted by Gasteiger charge is 2.40. The highest BCUT2D eigenvalue weighted by atomic mass is 32.2. The third-order valence-electron chi connectivity index (χ3n) is 1.53. The average Bonchev–Trinajstić information content (AvgIpc) is 2.04. The van der Waals surface area contributed by atoms with Crippen LogP contribution in [0.4, 0.5) is 8.78 Å². The first-order valence-corrected chi connectivity index (χ1v) is 5.01. The topological polar surface area (TPSA) is 34.1 Å². The summed E-state index contributed by atoms with van der Waals surface area (Å²) in [5.41, 5.74) is 0. The Balaban J connectivity index is 3.26. The first-order chi connectivity index (χ1) is 5.86. The van der Waals surface area contributed by atoms with Gasteiger partial charge in [-0.1, -0.05) is 18.2 Å². The Morgan fingerprint density at radius 2 is 1.62 bits per heavy atom. The molecule has 0 saturated carbocycles. The van der Waals surface area contributed by atoms with Crippen molar-refractivity contribution in [2.45, 2.75) is 17.1 Å². The second-order valence-electron chi connectivity index (χ2n) is 2.62. The molecule has 0 amide bonds. The molecule has 0 heterocycles. The van der Waals surface area contributed by atoms with Crippen molar-refractivity contribution < 1.29 is 17.2 Å². The van der Waals surface area contributed by atoms with Crippen LogP contribution in [0.1, 0.15) is 6.92 Å². The molecule has 0 aliphatic rings. The molecule has 1 aromatic carbocycles. The minimum Gasteiger partial charge on any atom is -0.217 e. The van der Waals surface area contributed by atoms with Gasteiger partial charge in [0.05, 0.1) is 4.90 Å². The van der Waals surface area contributed by atoms with E-state index >= 15 is 0 Å². The predicted molar refractivity (Wildman–Crippen MR) is 44.2 cm³/mol. The maximum Gasteiger partial charge on any atom is 0.347 e. The van der Waals surface area contributed by atoms with Gasteiger partial charge in [-0.25, -0.2) is 8.42 Å². The fourth-order valence-electron chi connectivity index (χ4n) is 0.807. The summed E-state index contributed by atoms with van der Waals surface area (Å²) in [4.78, 5) is -0.359. The molecule has 0 aliphatic carbocycles. The predicted octanol–water partition coefficient (Wildman–Crippen LogP) is 2.07. The molecule has 0 bridgehead atoms. The third-order valence-corrected chi connectivity index (χ3v) is 3.36. The molecule has 0 unspecified atom stereocenters. The van der Waals surface area contributed by atoms with Crippen LogP contribution in [0.5, 0.6) is 0 Å². The number of halogens is 2. The van der Waals surface area contributed by atoms with Gasteiger partial charge in [0, 0.05) is 6.92 Å². The zero-order chi connectivity index (χ0) is 10.1. The molecule has 0 N–H and O–H groups in total. The van der Waals surface area contributed by atoms with Crippen molar-refractivity contribution in [2.75, 3.05) is 0 Å². The molecule has 2 nitrogen and oxygen atoms in total. The summed E-state index contributed by atoms with van der Waals surface area (Å²) in [5, 5.41) is -3.73. The van der Waals surface area contributed by atoms with Crippen molar-refractivity contribution in [3.05, 3.63) is 30.3 Å². The maximum atomic E-state index is 12.6. The number of alkyl halides is 2. The standard InChI is InChI=1S/C8H8F2O2S/c1-8(9,10)13(11,12)7-5-3-2-4-6-7/h2-6H,1H3. The third kappa shape index (κ3) is 1.85. The van der Waals surface area contributed by atoms with E-state index in [9.17, 15) is 17.2 Å². The van der Waals surface area contributed by atoms with Crippen molar-refractivity contribution in [2.24, 2.45) is 0 Å². The Hall–Kier alpha value is -0.970. The van der Waals surface area contributed by atoms with E-state index in [1.807, 2.05) is 0 Å². The molecule has 0 saturated heterocycles. The van der Waals surface area contributed by atoms with Gasteiger partial charge in [-0.3, -0.25) is 0 Å². The molecule has 0 fully saturated rings. The van der Waals surface area contributed by atoms with Crippen molar-refractivity contribution in [1.29, 1.82) is 0 Å². The van der Waals surface area contributed by atoms with E-state index in [-0.39, 0.29) is 4.90 Å². The second-order valence-corrected chi connectivity index (χ2v) is 4.82. The van der Waals surface area contributed by atoms with Crippen LogP contribution in [-0.2, 0) is 9.84 Å². The lowest BCUT2D eigenvalue weighted by molar-refractivity contribution is 0.114. The van der Waals surface area contributed by atoms with Gasteiger partial charge < -0.3 is 0 Å². The fourth-order valence-corrected chi connectivity index (χ4v) is 1.74. The largest absolute Gasteiger partial charge is 0.347 e. The van der Waals surface area contributed by atoms with Crippen LogP contribution in [-0.4, -0.2) is 13.7 Å². The average molecular weight is 206 g/mol. The lowest BCUT2D eigenvalue weighted by atomic mass is 10.4. The fraction of sp³-hybridized carbons (Fsp3) is 0.250. The summed E-state index contributed by atoms with van der Waals surface area (Å²) >= 11 is 0. The lowest BCUT2D eigenvalue weighted by Crippen LogP contribution is -2.24. The van der Waals surface area contributed by atoms with Crippen LogP contribution in [0.25, 0.3) is 0 Å². The van der Waals surface area contributed by atoms with Crippen molar-refractivity contribution in [1.82, 2.24) is 0 Å². The summed E-state index contributed by atoms with van der Waals surface area (Å²) in [6.07, 6.45) is 0. The van der Waals surface area contributed by atoms with Gasteiger partial charge in [0.15, 0.2) is 0 Å². The summed E-state index contributed by atoms with van der Waals surface area (Å²) < 4.78 is 47.4. The highest BCUT2D eigenvalue weighted by molar-refractivity contribution is 7.92. The quantitative estimate of drug-likeness (QED) is 0.742. The van der Waals surface area contributed by atoms with Gasteiger partial charge in [-0.05, 0) is 12.1 Å². The van der Waals surface area contributed by atoms with Gasteiger partial charge in [-0.15, -0.1) is 0 Å². The molecule has 0 spiro atoms. The summed E-state index contributed by atoms with van der Waals surface area (Å²) in [5.74, 6) is 0. The van der Waals surface area contributed by atoms with Crippen molar-refractivity contribution >= 4 is 9.84 Å². The first-order valence-electron chi connectivity index (χ1n) is 3.53. The molecule has 13 heavy (non-hydrogen) atoms. The van der Waals surface area contributed by atoms with Crippen LogP contribution < -0.4 is 0 Å². The minimum atomic E-state index is -4.51. The van der Waals surface area contributed by atoms with Crippen LogP contribution in [0, 0.1) is 0 Å². The monoisotopic (exact) mass is 206 g/mol. The Kier molecular flexibility index (Phi) is 2.38. The molecule has 1 rings (SSSR count). The minimum absolute atomic E-state index is 0.359. The summed E-state index contributed by atoms with van der Waals surface area (Å²) in [6.45, 7) is 0.370. The van der Waals surface area contributed by atoms with E-state index in [0.29, 0.717) is 6.92 Å². The molecule has 0 atom stereocenters. The smallest absolute Gasteiger partial charge is 0.217 e. The number of hydrogen-bond donors (Lipinski definition) is 0. The second kappa shape index (κ2) is 3.06. The Morgan fingerprint density at radius 1 is 1.15 bits per heavy atom. The number of benzene rings is 1. The van der Waals surface area contributed by atoms with Crippen LogP contribution in [0.2, 0.25) is 0 Å². The van der Waals surface area contributed by atoms with E-state index in [1.165, 1.54) is 12.1 Å². The van der Waals surface area contributed by atoms with Gasteiger partial charge in [-0.2, -0.15) is 8.78 Å². The van der Waals surface area contributed by atoms with Gasteiger partial charge in [0.1, 0.15) is 0 Å². The number of sulfone groups is 1. The molecule has 5 heteroatoms. The molecule has 0 radical (unpaired) electrons. The van der Waals surface area contributed by atoms with Crippen LogP contribution in [0.15, 0.2) is 35.2 Å². The normalized spacial score (nSPS) is 12.8. The van der Waals surface area contributed by atoms with Crippen molar-refractivity contribution in [3.63, 3.8) is 0 Å². The SMILES string of the molecule is CC(F)(F)S(=O)(=O)c1ccccc1. The zero-order valence-corrected chi connectivity index (χ0v) is 7.68. The first kappa shape index (κ1) is 10.1. The Labute approximate surface area is 75.1 Å². The van der Waals surface area contributed by atoms with Crippen molar-refractivity contribution in [3.8, 4) is 0 Å². The summed E-state index contributed by atoms with van der Waals surface area (Å²) in [7, 11) is -4.51. The summed E-state index contributed by atoms with van der Waals surface area (Å²) in [6, 6.07) is 6.66. The van der Waals surface area contributed by atoms with E-state index < -0.39 is 15.1 Å². The molecule has 0 aromatic heterocycles. The maximum absolute atomic E-state index is 12.6. The molecular formula is C8H8F2O2S. The van der Waals surface area contributed by atoms with Gasteiger partial charge in [0.2, 0.25) is 9.84 Å². The highest BCUT2D eigenvalue weighted by Crippen LogP contribution is 2.27. The lowest BCUT2D eigenvalue weighted by Gasteiger charge is -2.10. The van der Waals surface area contributed by atoms with Crippen LogP contribution >= 0.6 is 0 Å². The van der Waals surface area contributed by atoms with E-state index in [2.05, 4.69) is 0 Å². The number of hydrogen-bond acceptors (Lipinski definition) is 2. The van der Waals surface area contributed by atoms with E-state index in [0.717, 1.165) is 12.1 Å². The van der Waals surface area contributed by atoms with E-state index in [4.69, 9.17) is 0 Å². The molecule has 1 aromatic rings. The Morgan fingerprint density at radius 3 is 2.00 bits per heavy atom. The molecular weight excluding hydrogens is 198 g/mol. The molecule has 72 valence electrons. The van der Waals surface area contributed by atoms with E-state index in [1.54, 1.807) is 6.07 Å². The zero-order valence-electron chi connectivity index (χ0n) is 6.87. The number of rotatable bonds is 2. The molecule has 0 aliphatic heterocycles. The van der Waals surface area contributed by atoms with Gasteiger partial charge >= 0.3 is 5.25 Å².